The number of benzene rings is 1. The van der Waals surface area contributed by atoms with Crippen LogP contribution in [-0.4, -0.2) is 9.97 Å². The second-order valence-electron chi connectivity index (χ2n) is 3.25. The average Bonchev–Trinajstić information content (AvgIpc) is 2.60. The van der Waals surface area contributed by atoms with Crippen molar-refractivity contribution in [2.45, 2.75) is 19.8 Å². The molecule has 0 unspecified atom stereocenters. The molecule has 0 fully saturated rings. The monoisotopic (exact) mass is 185 g/mol. The third kappa shape index (κ3) is 1.35. The quantitative estimate of drug-likeness (QED) is 0.780. The van der Waals surface area contributed by atoms with E-state index in [-0.39, 0.29) is 0 Å². The molecule has 2 rings (SSSR count). The molecule has 0 aliphatic rings. The van der Waals surface area contributed by atoms with Gasteiger partial charge >= 0.3 is 0 Å². The molecule has 0 radical (unpaired) electrons. The van der Waals surface area contributed by atoms with E-state index in [0.717, 1.165) is 29.7 Å². The molecule has 0 atom stereocenters. The molecular weight excluding hydrogens is 174 g/mol. The van der Waals surface area contributed by atoms with Crippen LogP contribution in [0.4, 0.5) is 0 Å². The van der Waals surface area contributed by atoms with Gasteiger partial charge in [0.05, 0.1) is 11.1 Å². The summed E-state index contributed by atoms with van der Waals surface area (Å²) in [7, 11) is 0. The highest BCUT2D eigenvalue weighted by atomic mass is 14.9. The number of aromatic nitrogens is 2. The summed E-state index contributed by atoms with van der Waals surface area (Å²) in [5.74, 6) is 0.963. The maximum absolute atomic E-state index is 8.87. The number of nitriles is 1. The topological polar surface area (TPSA) is 52.5 Å². The third-order valence-electron chi connectivity index (χ3n) is 2.17. The minimum Gasteiger partial charge on any atom is -0.342 e. The first-order valence-corrected chi connectivity index (χ1v) is 4.73. The van der Waals surface area contributed by atoms with Crippen LogP contribution in [0.25, 0.3) is 11.0 Å². The highest BCUT2D eigenvalue weighted by molar-refractivity contribution is 5.81. The third-order valence-corrected chi connectivity index (χ3v) is 2.17. The Morgan fingerprint density at radius 1 is 1.50 bits per heavy atom. The maximum atomic E-state index is 8.87. The maximum Gasteiger partial charge on any atom is 0.107 e. The van der Waals surface area contributed by atoms with Crippen LogP contribution < -0.4 is 0 Å². The van der Waals surface area contributed by atoms with E-state index in [9.17, 15) is 0 Å². The van der Waals surface area contributed by atoms with Gasteiger partial charge in [0.1, 0.15) is 17.4 Å². The Morgan fingerprint density at radius 2 is 2.36 bits per heavy atom. The van der Waals surface area contributed by atoms with Crippen LogP contribution in [0.1, 0.15) is 24.7 Å². The molecule has 1 heterocycles. The summed E-state index contributed by atoms with van der Waals surface area (Å²) >= 11 is 0. The summed E-state index contributed by atoms with van der Waals surface area (Å²) in [6.45, 7) is 2.11. The number of aryl methyl sites for hydroxylation is 1. The van der Waals surface area contributed by atoms with Gasteiger partial charge in [0, 0.05) is 6.42 Å². The summed E-state index contributed by atoms with van der Waals surface area (Å²) < 4.78 is 0. The number of nitrogens with one attached hydrogen (secondary N) is 1. The van der Waals surface area contributed by atoms with E-state index in [1.807, 2.05) is 12.1 Å². The number of rotatable bonds is 2. The number of para-hydroxylation sites is 1. The van der Waals surface area contributed by atoms with Gasteiger partial charge in [-0.15, -0.1) is 0 Å². The zero-order chi connectivity index (χ0) is 9.97. The van der Waals surface area contributed by atoms with Crippen molar-refractivity contribution in [3.8, 4) is 6.07 Å². The fourth-order valence-corrected chi connectivity index (χ4v) is 1.53. The van der Waals surface area contributed by atoms with Gasteiger partial charge in [-0.3, -0.25) is 0 Å². The van der Waals surface area contributed by atoms with Crippen LogP contribution in [0.2, 0.25) is 0 Å². The van der Waals surface area contributed by atoms with E-state index in [1.54, 1.807) is 6.07 Å². The molecule has 0 spiro atoms. The molecule has 0 aliphatic carbocycles. The first-order valence-electron chi connectivity index (χ1n) is 4.73. The molecule has 2 aromatic rings. The zero-order valence-corrected chi connectivity index (χ0v) is 8.04. The lowest BCUT2D eigenvalue weighted by Gasteiger charge is -1.88. The van der Waals surface area contributed by atoms with Crippen molar-refractivity contribution in [2.75, 3.05) is 0 Å². The molecule has 0 saturated heterocycles. The van der Waals surface area contributed by atoms with E-state index < -0.39 is 0 Å². The first-order chi connectivity index (χ1) is 6.85. The highest BCUT2D eigenvalue weighted by Gasteiger charge is 2.05. The Balaban J connectivity index is 2.60. The van der Waals surface area contributed by atoms with Gasteiger partial charge in [-0.1, -0.05) is 13.0 Å². The van der Waals surface area contributed by atoms with E-state index in [4.69, 9.17) is 5.26 Å². The number of hydrogen-bond acceptors (Lipinski definition) is 2. The van der Waals surface area contributed by atoms with E-state index >= 15 is 0 Å². The number of fused-ring (bicyclic) bond motifs is 1. The lowest BCUT2D eigenvalue weighted by molar-refractivity contribution is 0.861. The minimum atomic E-state index is 0.640. The Labute approximate surface area is 82.4 Å². The minimum absolute atomic E-state index is 0.640. The van der Waals surface area contributed by atoms with Crippen molar-refractivity contribution in [2.24, 2.45) is 0 Å². The van der Waals surface area contributed by atoms with Crippen LogP contribution >= 0.6 is 0 Å². The summed E-state index contributed by atoms with van der Waals surface area (Å²) in [6, 6.07) is 7.75. The second-order valence-corrected chi connectivity index (χ2v) is 3.25. The summed E-state index contributed by atoms with van der Waals surface area (Å²) in [5.41, 5.74) is 2.38. The highest BCUT2D eigenvalue weighted by Crippen LogP contribution is 2.16. The Bertz CT molecular complexity index is 491. The van der Waals surface area contributed by atoms with Gasteiger partial charge < -0.3 is 4.98 Å². The van der Waals surface area contributed by atoms with Crippen molar-refractivity contribution < 1.29 is 0 Å². The van der Waals surface area contributed by atoms with Crippen LogP contribution in [0.15, 0.2) is 18.2 Å². The van der Waals surface area contributed by atoms with Gasteiger partial charge in [-0.25, -0.2) is 4.98 Å². The summed E-state index contributed by atoms with van der Waals surface area (Å²) in [6.07, 6.45) is 1.99. The average molecular weight is 185 g/mol. The van der Waals surface area contributed by atoms with Gasteiger partial charge in [-0.05, 0) is 18.6 Å². The molecule has 1 aromatic heterocycles. The molecule has 0 saturated carbocycles. The molecule has 70 valence electrons. The number of nitrogens with zero attached hydrogens (tertiary/aromatic N) is 2. The number of H-pyrrole nitrogens is 1. The van der Waals surface area contributed by atoms with Crippen LogP contribution in [-0.2, 0) is 6.42 Å². The Hall–Kier alpha value is -1.82. The SMILES string of the molecule is CCCc1nc2c(C#N)cccc2[nH]1. The Kier molecular flexibility index (Phi) is 2.19. The van der Waals surface area contributed by atoms with E-state index in [1.165, 1.54) is 0 Å². The van der Waals surface area contributed by atoms with Crippen LogP contribution in [0.5, 0.6) is 0 Å². The lowest BCUT2D eigenvalue weighted by atomic mass is 10.2. The molecule has 1 N–H and O–H groups in total. The smallest absolute Gasteiger partial charge is 0.107 e. The van der Waals surface area contributed by atoms with E-state index in [2.05, 4.69) is 23.0 Å². The predicted octanol–water partition coefficient (Wildman–Crippen LogP) is 2.39. The second kappa shape index (κ2) is 3.51. The molecule has 14 heavy (non-hydrogen) atoms. The van der Waals surface area contributed by atoms with Crippen molar-refractivity contribution in [1.29, 1.82) is 5.26 Å². The molecular formula is C11H11N3. The molecule has 1 aromatic carbocycles. The number of imidazole rings is 1. The van der Waals surface area contributed by atoms with Crippen molar-refractivity contribution >= 4 is 11.0 Å². The largest absolute Gasteiger partial charge is 0.342 e. The number of aromatic amines is 1. The molecule has 0 bridgehead atoms. The molecule has 0 aliphatic heterocycles. The van der Waals surface area contributed by atoms with E-state index in [0.29, 0.717) is 5.56 Å². The fourth-order valence-electron chi connectivity index (χ4n) is 1.53. The first kappa shape index (κ1) is 8.76. The van der Waals surface area contributed by atoms with Crippen LogP contribution in [0, 0.1) is 11.3 Å². The number of hydrogen-bond donors (Lipinski definition) is 1. The molecule has 3 nitrogen and oxygen atoms in total. The summed E-state index contributed by atoms with van der Waals surface area (Å²) in [4.78, 5) is 7.60. The van der Waals surface area contributed by atoms with Crippen LogP contribution in [0.3, 0.4) is 0 Å². The summed E-state index contributed by atoms with van der Waals surface area (Å²) in [5, 5.41) is 8.87. The standard InChI is InChI=1S/C11H11N3/c1-2-4-10-13-9-6-3-5-8(7-12)11(9)14-10/h3,5-6H,2,4H2,1H3,(H,13,14). The van der Waals surface area contributed by atoms with Gasteiger partial charge in [0.25, 0.3) is 0 Å². The van der Waals surface area contributed by atoms with Crippen molar-refractivity contribution in [3.05, 3.63) is 29.6 Å². The lowest BCUT2D eigenvalue weighted by Crippen LogP contribution is -1.84. The zero-order valence-electron chi connectivity index (χ0n) is 8.04. The van der Waals surface area contributed by atoms with Gasteiger partial charge in [0.2, 0.25) is 0 Å². The molecule has 3 heteroatoms. The predicted molar refractivity (Wildman–Crippen MR) is 54.8 cm³/mol. The van der Waals surface area contributed by atoms with Crippen molar-refractivity contribution in [1.82, 2.24) is 9.97 Å². The van der Waals surface area contributed by atoms with Crippen molar-refractivity contribution in [3.63, 3.8) is 0 Å². The Morgan fingerprint density at radius 3 is 3.07 bits per heavy atom. The van der Waals surface area contributed by atoms with Gasteiger partial charge in [-0.2, -0.15) is 5.26 Å². The normalized spacial score (nSPS) is 10.3. The molecule has 0 amide bonds. The van der Waals surface area contributed by atoms with Gasteiger partial charge in [0.15, 0.2) is 0 Å². The fraction of sp³-hybridized carbons (Fsp3) is 0.273.